The summed E-state index contributed by atoms with van der Waals surface area (Å²) in [6.45, 7) is 2.08. The van der Waals surface area contributed by atoms with Gasteiger partial charge in [0.25, 0.3) is 0 Å². The van der Waals surface area contributed by atoms with Crippen LogP contribution in [0.2, 0.25) is 0 Å². The summed E-state index contributed by atoms with van der Waals surface area (Å²) in [5.41, 5.74) is 2.57. The molecule has 1 aliphatic heterocycles. The lowest BCUT2D eigenvalue weighted by atomic mass is 10.1. The summed E-state index contributed by atoms with van der Waals surface area (Å²) in [5.74, 6) is -1.23. The van der Waals surface area contributed by atoms with Crippen molar-refractivity contribution in [3.8, 4) is 6.07 Å². The molecule has 0 aromatic heterocycles. The summed E-state index contributed by atoms with van der Waals surface area (Å²) in [4.78, 5) is 38.1. The smallest absolute Gasteiger partial charge is 0.349 e. The SMILES string of the molecule is Cc1ccc(/C=C(\C#N)C(=O)OCC(=O)c2cccc(N3CCCC3=O)c2)cc1. The van der Waals surface area contributed by atoms with Gasteiger partial charge in [-0.25, -0.2) is 4.79 Å². The molecule has 1 heterocycles. The molecule has 0 spiro atoms. The van der Waals surface area contributed by atoms with Crippen LogP contribution in [-0.4, -0.2) is 30.8 Å². The van der Waals surface area contributed by atoms with Crippen molar-refractivity contribution in [3.05, 3.63) is 70.8 Å². The minimum Gasteiger partial charge on any atom is -0.453 e. The molecule has 146 valence electrons. The van der Waals surface area contributed by atoms with Crippen LogP contribution in [0.5, 0.6) is 0 Å². The monoisotopic (exact) mass is 388 g/mol. The van der Waals surface area contributed by atoms with Gasteiger partial charge in [0.2, 0.25) is 5.91 Å². The quantitative estimate of drug-likeness (QED) is 0.327. The number of Topliss-reactive ketones (excluding diaryl/α,β-unsaturated/α-hetero) is 1. The number of aryl methyl sites for hydroxylation is 1. The molecule has 3 rings (SSSR count). The van der Waals surface area contributed by atoms with Crippen molar-refractivity contribution in [2.45, 2.75) is 19.8 Å². The van der Waals surface area contributed by atoms with Gasteiger partial charge in [0.05, 0.1) is 0 Å². The van der Waals surface area contributed by atoms with E-state index in [1.165, 1.54) is 6.08 Å². The lowest BCUT2D eigenvalue weighted by molar-refractivity contribution is -0.137. The predicted octanol–water partition coefficient (Wildman–Crippen LogP) is 3.45. The van der Waals surface area contributed by atoms with Crippen LogP contribution in [0, 0.1) is 18.3 Å². The van der Waals surface area contributed by atoms with Crippen LogP contribution in [0.25, 0.3) is 6.08 Å². The highest BCUT2D eigenvalue weighted by atomic mass is 16.5. The van der Waals surface area contributed by atoms with Gasteiger partial charge in [0.1, 0.15) is 11.6 Å². The first-order valence-corrected chi connectivity index (χ1v) is 9.27. The first-order chi connectivity index (χ1) is 14.0. The molecule has 29 heavy (non-hydrogen) atoms. The summed E-state index contributed by atoms with van der Waals surface area (Å²) in [6, 6.07) is 15.8. The van der Waals surface area contributed by atoms with Gasteiger partial charge in [-0.05, 0) is 37.1 Å². The van der Waals surface area contributed by atoms with E-state index in [2.05, 4.69) is 0 Å². The van der Waals surface area contributed by atoms with Gasteiger partial charge in [-0.1, -0.05) is 42.0 Å². The van der Waals surface area contributed by atoms with E-state index in [0.717, 1.165) is 12.0 Å². The maximum atomic E-state index is 12.4. The fourth-order valence-corrected chi connectivity index (χ4v) is 3.03. The number of carbonyl (C=O) groups excluding carboxylic acids is 3. The van der Waals surface area contributed by atoms with Gasteiger partial charge in [-0.2, -0.15) is 5.26 Å². The number of nitriles is 1. The van der Waals surface area contributed by atoms with Crippen LogP contribution >= 0.6 is 0 Å². The van der Waals surface area contributed by atoms with Crippen molar-refractivity contribution in [2.24, 2.45) is 0 Å². The zero-order chi connectivity index (χ0) is 20.8. The highest BCUT2D eigenvalue weighted by molar-refractivity contribution is 6.03. The van der Waals surface area contributed by atoms with Crippen molar-refractivity contribution in [3.63, 3.8) is 0 Å². The molecule has 0 aliphatic carbocycles. The number of nitrogens with zero attached hydrogens (tertiary/aromatic N) is 2. The van der Waals surface area contributed by atoms with Gasteiger partial charge in [-0.15, -0.1) is 0 Å². The highest BCUT2D eigenvalue weighted by Crippen LogP contribution is 2.22. The van der Waals surface area contributed by atoms with Gasteiger partial charge < -0.3 is 9.64 Å². The van der Waals surface area contributed by atoms with E-state index in [9.17, 15) is 19.6 Å². The Balaban J connectivity index is 1.65. The normalized spacial score (nSPS) is 13.9. The van der Waals surface area contributed by atoms with E-state index in [4.69, 9.17) is 4.74 Å². The molecule has 6 nitrogen and oxygen atoms in total. The minimum absolute atomic E-state index is 0.0286. The van der Waals surface area contributed by atoms with Gasteiger partial charge in [0, 0.05) is 24.2 Å². The van der Waals surface area contributed by atoms with Crippen LogP contribution in [-0.2, 0) is 14.3 Å². The Morgan fingerprint density at radius 3 is 2.62 bits per heavy atom. The minimum atomic E-state index is -0.854. The number of ketones is 1. The Hall–Kier alpha value is -3.72. The third kappa shape index (κ3) is 4.96. The molecule has 2 aromatic carbocycles. The molecule has 1 fully saturated rings. The molecule has 1 amide bonds. The van der Waals surface area contributed by atoms with Crippen LogP contribution in [0.4, 0.5) is 5.69 Å². The second kappa shape index (κ2) is 8.98. The van der Waals surface area contributed by atoms with E-state index in [-0.39, 0.29) is 11.5 Å². The number of hydrogen-bond donors (Lipinski definition) is 0. The van der Waals surface area contributed by atoms with E-state index in [1.54, 1.807) is 41.3 Å². The van der Waals surface area contributed by atoms with Crippen LogP contribution in [0.3, 0.4) is 0 Å². The number of carbonyl (C=O) groups is 3. The fourth-order valence-electron chi connectivity index (χ4n) is 3.03. The van der Waals surface area contributed by atoms with Crippen molar-refractivity contribution >= 4 is 29.4 Å². The van der Waals surface area contributed by atoms with Crippen LogP contribution in [0.15, 0.2) is 54.1 Å². The maximum Gasteiger partial charge on any atom is 0.349 e. The van der Waals surface area contributed by atoms with E-state index in [0.29, 0.717) is 29.8 Å². The lowest BCUT2D eigenvalue weighted by Crippen LogP contribution is -2.24. The standard InChI is InChI=1S/C23H20N2O4/c1-16-7-9-17(10-8-16)12-19(14-24)23(28)29-15-21(26)18-4-2-5-20(13-18)25-11-3-6-22(25)27/h2,4-5,7-10,12-13H,3,6,11,15H2,1H3/b19-12+. The number of benzene rings is 2. The van der Waals surface area contributed by atoms with Crippen molar-refractivity contribution in [1.82, 2.24) is 0 Å². The summed E-state index contributed by atoms with van der Waals surface area (Å²) in [5, 5.41) is 9.24. The summed E-state index contributed by atoms with van der Waals surface area (Å²) < 4.78 is 5.03. The second-order valence-corrected chi connectivity index (χ2v) is 6.78. The highest BCUT2D eigenvalue weighted by Gasteiger charge is 2.22. The Bertz CT molecular complexity index is 1020. The Morgan fingerprint density at radius 2 is 1.97 bits per heavy atom. The number of amides is 1. The zero-order valence-electron chi connectivity index (χ0n) is 16.1. The molecule has 6 heteroatoms. The molecule has 2 aromatic rings. The van der Waals surface area contributed by atoms with Gasteiger partial charge in [-0.3, -0.25) is 9.59 Å². The Kier molecular flexibility index (Phi) is 6.20. The average molecular weight is 388 g/mol. The zero-order valence-corrected chi connectivity index (χ0v) is 16.1. The van der Waals surface area contributed by atoms with Gasteiger partial charge >= 0.3 is 5.97 Å². The number of ether oxygens (including phenoxy) is 1. The molecule has 0 atom stereocenters. The molecule has 0 radical (unpaired) electrons. The van der Waals surface area contributed by atoms with Crippen molar-refractivity contribution < 1.29 is 19.1 Å². The third-order valence-corrected chi connectivity index (χ3v) is 4.62. The molecule has 0 N–H and O–H groups in total. The number of esters is 1. The summed E-state index contributed by atoms with van der Waals surface area (Å²) in [6.07, 6.45) is 2.71. The first kappa shape index (κ1) is 20.0. The Labute approximate surface area is 169 Å². The maximum absolute atomic E-state index is 12.4. The first-order valence-electron chi connectivity index (χ1n) is 9.27. The predicted molar refractivity (Wildman–Crippen MR) is 108 cm³/mol. The molecule has 1 saturated heterocycles. The average Bonchev–Trinajstić information content (AvgIpc) is 3.17. The lowest BCUT2D eigenvalue weighted by Gasteiger charge is -2.16. The molecule has 0 saturated carbocycles. The van der Waals surface area contributed by atoms with Crippen LogP contribution < -0.4 is 4.90 Å². The third-order valence-electron chi connectivity index (χ3n) is 4.62. The number of rotatable bonds is 6. The van der Waals surface area contributed by atoms with Crippen molar-refractivity contribution in [2.75, 3.05) is 18.1 Å². The van der Waals surface area contributed by atoms with E-state index < -0.39 is 18.4 Å². The van der Waals surface area contributed by atoms with E-state index in [1.807, 2.05) is 25.1 Å². The van der Waals surface area contributed by atoms with Crippen molar-refractivity contribution in [1.29, 1.82) is 5.26 Å². The molecule has 0 bridgehead atoms. The van der Waals surface area contributed by atoms with E-state index >= 15 is 0 Å². The molecular weight excluding hydrogens is 368 g/mol. The topological polar surface area (TPSA) is 87.5 Å². The fraction of sp³-hybridized carbons (Fsp3) is 0.217. The largest absolute Gasteiger partial charge is 0.453 e. The Morgan fingerprint density at radius 1 is 1.21 bits per heavy atom. The molecule has 1 aliphatic rings. The molecular formula is C23H20N2O4. The summed E-state index contributed by atoms with van der Waals surface area (Å²) >= 11 is 0. The summed E-state index contributed by atoms with van der Waals surface area (Å²) in [7, 11) is 0. The van der Waals surface area contributed by atoms with Gasteiger partial charge in [0.15, 0.2) is 12.4 Å². The number of anilines is 1. The van der Waals surface area contributed by atoms with Crippen LogP contribution in [0.1, 0.15) is 34.3 Å². The number of hydrogen-bond acceptors (Lipinski definition) is 5. The molecule has 0 unspecified atom stereocenters. The second-order valence-electron chi connectivity index (χ2n) is 6.78.